The number of aliphatic hydroxyl groups is 3. The highest BCUT2D eigenvalue weighted by Gasteiger charge is 2.40. The van der Waals surface area contributed by atoms with Gasteiger partial charge in [0.1, 0.15) is 20.5 Å². The van der Waals surface area contributed by atoms with Crippen molar-refractivity contribution in [1.82, 2.24) is 0 Å². The largest absolute Gasteiger partial charge is 0.780 e. The molecule has 0 radical (unpaired) electrons. The number of esters is 2. The van der Waals surface area contributed by atoms with Crippen LogP contribution < -0.4 is 14.9 Å². The lowest BCUT2D eigenvalue weighted by atomic mass is 10.2. The number of carboxylic acids is 1. The van der Waals surface area contributed by atoms with Gasteiger partial charge in [-0.2, -0.15) is 0 Å². The molecule has 0 unspecified atom stereocenters. The summed E-state index contributed by atoms with van der Waals surface area (Å²) < 4.78 is 23.5. The number of phosphoric ester groups is 1. The van der Waals surface area contributed by atoms with E-state index in [0.29, 0.717) is 11.0 Å². The Morgan fingerprint density at radius 1 is 1.30 bits per heavy atom. The minimum Gasteiger partial charge on any atom is -0.780 e. The number of cyclic esters (lactones) is 1. The maximum atomic E-state index is 10.9. The van der Waals surface area contributed by atoms with Gasteiger partial charge in [-0.15, -0.1) is 0 Å². The Bertz CT molecular complexity index is 692. The fourth-order valence-electron chi connectivity index (χ4n) is 2.19. The number of rotatable bonds is 9. The molecule has 0 aromatic carbocycles. The van der Waals surface area contributed by atoms with Crippen molar-refractivity contribution < 1.29 is 67.6 Å². The van der Waals surface area contributed by atoms with E-state index in [9.17, 15) is 38.9 Å². The predicted octanol–water partition coefficient (Wildman–Crippen LogP) is -4.36. The predicted molar refractivity (Wildman–Crippen MR) is 89.4 cm³/mol. The number of phosphoric acid groups is 1. The van der Waals surface area contributed by atoms with Gasteiger partial charge in [0.25, 0.3) is 5.76 Å². The molecule has 1 rings (SSSR count). The van der Waals surface area contributed by atoms with Crippen LogP contribution in [0.5, 0.6) is 0 Å². The number of likely N-dealkylation sites (N-methyl/N-ethyl adjacent to an activating group) is 1. The highest BCUT2D eigenvalue weighted by atomic mass is 31.2. The molecule has 174 valence electrons. The molecular weight excluding hydrogens is 433 g/mol. The van der Waals surface area contributed by atoms with Crippen LogP contribution in [0.25, 0.3) is 0 Å². The van der Waals surface area contributed by atoms with Crippen LogP contribution in [0.15, 0.2) is 11.5 Å². The Kier molecular flexibility index (Phi) is 10.4. The summed E-state index contributed by atoms with van der Waals surface area (Å²) in [5, 5.41) is 37.2. The van der Waals surface area contributed by atoms with Crippen LogP contribution in [-0.4, -0.2) is 90.3 Å². The number of carboxylic acid groups (broad SMARTS) is 1. The van der Waals surface area contributed by atoms with Gasteiger partial charge in [-0.25, -0.2) is 4.79 Å². The first-order valence-corrected chi connectivity index (χ1v) is 9.75. The summed E-state index contributed by atoms with van der Waals surface area (Å²) in [6.07, 6.45) is -4.17. The highest BCUT2D eigenvalue weighted by molar-refractivity contribution is 7.43. The van der Waals surface area contributed by atoms with Crippen molar-refractivity contribution in [2.75, 3.05) is 34.3 Å². The minimum absolute atomic E-state index is 0.255. The molecule has 15 heteroatoms. The second-order valence-corrected chi connectivity index (χ2v) is 8.19. The second-order valence-electron chi connectivity index (χ2n) is 7.11. The Labute approximate surface area is 171 Å². The molecule has 0 spiro atoms. The van der Waals surface area contributed by atoms with E-state index in [0.717, 1.165) is 0 Å². The van der Waals surface area contributed by atoms with E-state index < -0.39 is 62.2 Å². The second kappa shape index (κ2) is 11.2. The first-order chi connectivity index (χ1) is 13.5. The van der Waals surface area contributed by atoms with Crippen LogP contribution in [0, 0.1) is 0 Å². The maximum absolute atomic E-state index is 10.9. The fraction of sp³-hybridized carbons (Fsp3) is 0.667. The number of aliphatic carboxylic acids is 1. The lowest BCUT2D eigenvalue weighted by molar-refractivity contribution is -0.873. The van der Waals surface area contributed by atoms with E-state index in [1.807, 2.05) is 21.1 Å². The minimum atomic E-state index is -5.52. The standard InChI is InChI=1S/C9H17NO4.C6H9O9P/c1-7(11)14-8(5-9(12)13)6-10(2,3)4;7-1-2(8)4-3(9)5(6(10)14-4)15-16(11,12)13/h8H,5-6H2,1-4H3;2,4,7-9H,1H2,(H2,11,12,13)/p-2/t8-;2-,4+/m10/s1. The molecule has 0 aliphatic carbocycles. The van der Waals surface area contributed by atoms with Gasteiger partial charge >= 0.3 is 11.9 Å². The molecule has 0 fully saturated rings. The van der Waals surface area contributed by atoms with Crippen LogP contribution in [0.3, 0.4) is 0 Å². The number of ether oxygens (including phenoxy) is 2. The molecule has 14 nitrogen and oxygen atoms in total. The molecule has 3 atom stereocenters. The Balaban J connectivity index is 0.000000567. The van der Waals surface area contributed by atoms with Gasteiger partial charge in [-0.3, -0.25) is 4.79 Å². The molecule has 3 N–H and O–H groups in total. The van der Waals surface area contributed by atoms with Gasteiger partial charge in [-0.1, -0.05) is 0 Å². The highest BCUT2D eigenvalue weighted by Crippen LogP contribution is 2.35. The Morgan fingerprint density at radius 3 is 2.20 bits per heavy atom. The van der Waals surface area contributed by atoms with Crippen molar-refractivity contribution in [1.29, 1.82) is 0 Å². The van der Waals surface area contributed by atoms with Gasteiger partial charge in [0.15, 0.2) is 18.0 Å². The number of carbonyl (C=O) groups is 3. The average Bonchev–Trinajstić information content (AvgIpc) is 2.78. The zero-order chi connectivity index (χ0) is 23.9. The third-order valence-corrected chi connectivity index (χ3v) is 3.55. The normalized spacial score (nSPS) is 18.7. The fourth-order valence-corrected chi connectivity index (χ4v) is 2.58. The number of quaternary nitrogens is 1. The topological polar surface area (TPSA) is 226 Å². The van der Waals surface area contributed by atoms with Gasteiger partial charge in [0.2, 0.25) is 0 Å². The summed E-state index contributed by atoms with van der Waals surface area (Å²) in [4.78, 5) is 52.4. The molecule has 1 aliphatic rings. The van der Waals surface area contributed by atoms with Crippen LogP contribution in [0.1, 0.15) is 13.3 Å². The van der Waals surface area contributed by atoms with E-state index >= 15 is 0 Å². The van der Waals surface area contributed by atoms with Crippen molar-refractivity contribution in [2.45, 2.75) is 31.7 Å². The first kappa shape index (κ1) is 27.8. The van der Waals surface area contributed by atoms with Crippen LogP contribution in [0.4, 0.5) is 0 Å². The first-order valence-electron chi connectivity index (χ1n) is 8.29. The summed E-state index contributed by atoms with van der Waals surface area (Å²) in [6, 6.07) is 0. The van der Waals surface area contributed by atoms with E-state index in [1.165, 1.54) is 6.92 Å². The number of nitrogens with zero attached hydrogens (tertiary/aromatic N) is 1. The molecule has 0 amide bonds. The van der Waals surface area contributed by atoms with E-state index in [2.05, 4.69) is 9.26 Å². The third-order valence-electron chi connectivity index (χ3n) is 3.14. The number of aliphatic hydroxyl groups excluding tert-OH is 3. The number of hydrogen-bond acceptors (Lipinski definition) is 13. The van der Waals surface area contributed by atoms with Gasteiger partial charge in [0, 0.05) is 19.3 Å². The summed E-state index contributed by atoms with van der Waals surface area (Å²) >= 11 is 0. The van der Waals surface area contributed by atoms with Crippen LogP contribution in [0.2, 0.25) is 0 Å². The zero-order valence-electron chi connectivity index (χ0n) is 16.7. The molecule has 0 bridgehead atoms. The van der Waals surface area contributed by atoms with Crippen molar-refractivity contribution in [3.05, 3.63) is 11.5 Å². The summed E-state index contributed by atoms with van der Waals surface area (Å²) in [5.41, 5.74) is 0. The van der Waals surface area contributed by atoms with Crippen LogP contribution in [-0.2, 0) is 32.9 Å². The summed E-state index contributed by atoms with van der Waals surface area (Å²) in [5.74, 6) is -5.35. The van der Waals surface area contributed by atoms with Gasteiger partial charge < -0.3 is 58.1 Å². The maximum Gasteiger partial charge on any atom is 0.378 e. The Morgan fingerprint density at radius 2 is 1.83 bits per heavy atom. The quantitative estimate of drug-likeness (QED) is 0.169. The molecule has 0 saturated heterocycles. The van der Waals surface area contributed by atoms with Gasteiger partial charge in [-0.05, 0) is 0 Å². The van der Waals surface area contributed by atoms with E-state index in [-0.39, 0.29) is 6.42 Å². The molecule has 0 aromatic heterocycles. The Hall–Kier alpha value is -2.22. The summed E-state index contributed by atoms with van der Waals surface area (Å²) in [6.45, 7) is 0.868. The zero-order valence-corrected chi connectivity index (χ0v) is 17.6. The molecule has 30 heavy (non-hydrogen) atoms. The lowest BCUT2D eigenvalue weighted by Gasteiger charge is -2.28. The average molecular weight is 457 g/mol. The van der Waals surface area contributed by atoms with Crippen molar-refractivity contribution in [2.24, 2.45) is 0 Å². The van der Waals surface area contributed by atoms with Crippen molar-refractivity contribution in [3.63, 3.8) is 0 Å². The molecule has 0 aromatic rings. The number of hydrogen-bond donors (Lipinski definition) is 3. The van der Waals surface area contributed by atoms with E-state index in [4.69, 9.17) is 14.9 Å². The lowest BCUT2D eigenvalue weighted by Crippen LogP contribution is -2.45. The molecule has 0 saturated carbocycles. The van der Waals surface area contributed by atoms with Gasteiger partial charge in [0.05, 0.1) is 27.7 Å². The van der Waals surface area contributed by atoms with Crippen molar-refractivity contribution >= 4 is 25.7 Å². The SMILES string of the molecule is CC(=O)O[C@H](CC(=O)[O-])C[N+](C)(C)C.O=C1O[C@H]([C@@H](O)CO)C(O)=C1OP(=O)([O-])[O-]. The molecule has 1 aliphatic heterocycles. The third kappa shape index (κ3) is 11.1. The smallest absolute Gasteiger partial charge is 0.378 e. The summed E-state index contributed by atoms with van der Waals surface area (Å²) in [7, 11) is 0.166. The molecule has 1 heterocycles. The number of carbonyl (C=O) groups excluding carboxylic acids is 3. The van der Waals surface area contributed by atoms with Crippen molar-refractivity contribution in [3.8, 4) is 0 Å². The molecular formula is C15H24NO13P-2. The van der Waals surface area contributed by atoms with E-state index in [1.54, 1.807) is 0 Å². The monoisotopic (exact) mass is 457 g/mol. The van der Waals surface area contributed by atoms with Crippen LogP contribution >= 0.6 is 7.82 Å².